The topological polar surface area (TPSA) is 69.0 Å². The number of hydrogen-bond acceptors (Lipinski definition) is 2. The number of aliphatic hydroxyl groups excluding tert-OH is 1. The van der Waals surface area contributed by atoms with E-state index in [1.165, 1.54) is 0 Å². The summed E-state index contributed by atoms with van der Waals surface area (Å²) < 4.78 is 0. The van der Waals surface area contributed by atoms with Gasteiger partial charge in [-0.05, 0) is 23.6 Å². The van der Waals surface area contributed by atoms with Crippen LogP contribution in [-0.2, 0) is 6.61 Å². The standard InChI is InChI=1S/C8H9N3O/c1-6-7(5-12)3-2-4-8(6)10-11-9/h2-4,12H,5H2,1H3. The van der Waals surface area contributed by atoms with Gasteiger partial charge in [0, 0.05) is 10.6 Å². The third-order valence-corrected chi connectivity index (χ3v) is 1.74. The third kappa shape index (κ3) is 1.56. The van der Waals surface area contributed by atoms with Crippen LogP contribution in [0.4, 0.5) is 5.69 Å². The Morgan fingerprint density at radius 2 is 2.33 bits per heavy atom. The molecule has 0 atom stereocenters. The van der Waals surface area contributed by atoms with E-state index in [0.29, 0.717) is 5.69 Å². The van der Waals surface area contributed by atoms with Crippen LogP contribution in [0.2, 0.25) is 0 Å². The van der Waals surface area contributed by atoms with Gasteiger partial charge in [0.2, 0.25) is 0 Å². The van der Waals surface area contributed by atoms with Gasteiger partial charge >= 0.3 is 0 Å². The van der Waals surface area contributed by atoms with Crippen LogP contribution >= 0.6 is 0 Å². The van der Waals surface area contributed by atoms with Crippen molar-refractivity contribution in [2.75, 3.05) is 0 Å². The van der Waals surface area contributed by atoms with Gasteiger partial charge in [-0.25, -0.2) is 0 Å². The summed E-state index contributed by atoms with van der Waals surface area (Å²) in [5.41, 5.74) is 10.4. The van der Waals surface area contributed by atoms with E-state index in [9.17, 15) is 0 Å². The fourth-order valence-corrected chi connectivity index (χ4v) is 0.998. The number of hydrogen-bond donors (Lipinski definition) is 1. The SMILES string of the molecule is Cc1c(CO)cccc1N=[N+]=[N-]. The lowest BCUT2D eigenvalue weighted by Gasteiger charge is -2.03. The minimum Gasteiger partial charge on any atom is -0.392 e. The summed E-state index contributed by atoms with van der Waals surface area (Å²) in [5, 5.41) is 12.4. The molecule has 0 saturated heterocycles. The first kappa shape index (κ1) is 8.59. The van der Waals surface area contributed by atoms with Crippen LogP contribution in [0.5, 0.6) is 0 Å². The van der Waals surface area contributed by atoms with E-state index in [4.69, 9.17) is 10.6 Å². The molecule has 0 bridgehead atoms. The molecule has 4 nitrogen and oxygen atoms in total. The van der Waals surface area contributed by atoms with E-state index in [2.05, 4.69) is 10.0 Å². The van der Waals surface area contributed by atoms with E-state index in [0.717, 1.165) is 11.1 Å². The van der Waals surface area contributed by atoms with Gasteiger partial charge in [0.15, 0.2) is 0 Å². The van der Waals surface area contributed by atoms with Crippen molar-refractivity contribution in [2.45, 2.75) is 13.5 Å². The first-order chi connectivity index (χ1) is 5.79. The number of azide groups is 1. The van der Waals surface area contributed by atoms with Gasteiger partial charge in [-0.2, -0.15) is 0 Å². The molecule has 1 aromatic rings. The van der Waals surface area contributed by atoms with Crippen molar-refractivity contribution in [3.63, 3.8) is 0 Å². The highest BCUT2D eigenvalue weighted by atomic mass is 16.3. The lowest BCUT2D eigenvalue weighted by Crippen LogP contribution is -1.87. The Kier molecular flexibility index (Phi) is 2.69. The fourth-order valence-electron chi connectivity index (χ4n) is 0.998. The number of benzene rings is 1. The zero-order chi connectivity index (χ0) is 8.97. The summed E-state index contributed by atoms with van der Waals surface area (Å²) in [4.78, 5) is 2.69. The Balaban J connectivity index is 3.22. The van der Waals surface area contributed by atoms with Gasteiger partial charge in [0.25, 0.3) is 0 Å². The number of aliphatic hydroxyl groups is 1. The third-order valence-electron chi connectivity index (χ3n) is 1.74. The van der Waals surface area contributed by atoms with Crippen LogP contribution in [0, 0.1) is 6.92 Å². The number of nitrogens with zero attached hydrogens (tertiary/aromatic N) is 3. The quantitative estimate of drug-likeness (QED) is 0.406. The van der Waals surface area contributed by atoms with Crippen LogP contribution < -0.4 is 0 Å². The second-order valence-corrected chi connectivity index (χ2v) is 2.41. The molecule has 0 amide bonds. The Labute approximate surface area is 70.1 Å². The molecule has 12 heavy (non-hydrogen) atoms. The molecule has 0 aliphatic heterocycles. The van der Waals surface area contributed by atoms with E-state index in [1.807, 2.05) is 6.92 Å². The summed E-state index contributed by atoms with van der Waals surface area (Å²) in [5.74, 6) is 0. The molecular weight excluding hydrogens is 154 g/mol. The zero-order valence-electron chi connectivity index (χ0n) is 6.73. The van der Waals surface area contributed by atoms with Crippen molar-refractivity contribution in [1.82, 2.24) is 0 Å². The van der Waals surface area contributed by atoms with E-state index < -0.39 is 0 Å². The molecule has 4 heteroatoms. The van der Waals surface area contributed by atoms with Gasteiger partial charge in [-0.1, -0.05) is 23.3 Å². The zero-order valence-corrected chi connectivity index (χ0v) is 6.73. The maximum atomic E-state index is 8.88. The largest absolute Gasteiger partial charge is 0.392 e. The molecule has 0 heterocycles. The maximum Gasteiger partial charge on any atom is 0.0684 e. The van der Waals surface area contributed by atoms with Crippen LogP contribution in [0.25, 0.3) is 10.4 Å². The molecule has 0 aliphatic rings. The van der Waals surface area contributed by atoms with Crippen LogP contribution in [0.1, 0.15) is 11.1 Å². The number of rotatable bonds is 2. The summed E-state index contributed by atoms with van der Waals surface area (Å²) in [7, 11) is 0. The molecule has 0 fully saturated rings. The summed E-state index contributed by atoms with van der Waals surface area (Å²) in [6.07, 6.45) is 0. The highest BCUT2D eigenvalue weighted by Crippen LogP contribution is 2.21. The van der Waals surface area contributed by atoms with Crippen molar-refractivity contribution in [2.24, 2.45) is 5.11 Å². The Morgan fingerprint density at radius 3 is 2.92 bits per heavy atom. The molecule has 1 aromatic carbocycles. The normalized spacial score (nSPS) is 9.17. The predicted octanol–water partition coefficient (Wildman–Crippen LogP) is 2.43. The average molecular weight is 163 g/mol. The lowest BCUT2D eigenvalue weighted by molar-refractivity contribution is 0.281. The average Bonchev–Trinajstić information content (AvgIpc) is 2.09. The van der Waals surface area contributed by atoms with Gasteiger partial charge in [-0.3, -0.25) is 0 Å². The van der Waals surface area contributed by atoms with E-state index in [-0.39, 0.29) is 6.61 Å². The van der Waals surface area contributed by atoms with Crippen molar-refractivity contribution < 1.29 is 5.11 Å². The highest BCUT2D eigenvalue weighted by Gasteiger charge is 1.99. The summed E-state index contributed by atoms with van der Waals surface area (Å²) >= 11 is 0. The highest BCUT2D eigenvalue weighted by molar-refractivity contribution is 5.48. The maximum absolute atomic E-state index is 8.88. The molecule has 0 radical (unpaired) electrons. The van der Waals surface area contributed by atoms with Gasteiger partial charge in [0.05, 0.1) is 6.61 Å². The van der Waals surface area contributed by atoms with Crippen molar-refractivity contribution in [3.8, 4) is 0 Å². The smallest absolute Gasteiger partial charge is 0.0684 e. The first-order valence-corrected chi connectivity index (χ1v) is 3.54. The van der Waals surface area contributed by atoms with Crippen molar-refractivity contribution in [1.29, 1.82) is 0 Å². The molecule has 0 aliphatic carbocycles. The van der Waals surface area contributed by atoms with Crippen molar-refractivity contribution >= 4 is 5.69 Å². The van der Waals surface area contributed by atoms with Crippen LogP contribution in [0.15, 0.2) is 23.3 Å². The van der Waals surface area contributed by atoms with Gasteiger partial charge in [0.1, 0.15) is 0 Å². The predicted molar refractivity (Wildman–Crippen MR) is 45.9 cm³/mol. The lowest BCUT2D eigenvalue weighted by atomic mass is 10.1. The van der Waals surface area contributed by atoms with Gasteiger partial charge in [-0.15, -0.1) is 0 Å². The summed E-state index contributed by atoms with van der Waals surface area (Å²) in [6.45, 7) is 1.79. The molecule has 62 valence electrons. The first-order valence-electron chi connectivity index (χ1n) is 3.54. The minimum atomic E-state index is -0.0272. The minimum absolute atomic E-state index is 0.0272. The van der Waals surface area contributed by atoms with E-state index >= 15 is 0 Å². The molecule has 0 aromatic heterocycles. The van der Waals surface area contributed by atoms with Crippen LogP contribution in [-0.4, -0.2) is 5.11 Å². The second-order valence-electron chi connectivity index (χ2n) is 2.41. The van der Waals surface area contributed by atoms with Gasteiger partial charge < -0.3 is 5.11 Å². The molecule has 1 N–H and O–H groups in total. The van der Waals surface area contributed by atoms with Crippen LogP contribution in [0.3, 0.4) is 0 Å². The Hall–Kier alpha value is -1.51. The Morgan fingerprint density at radius 1 is 1.58 bits per heavy atom. The molecule has 0 spiro atoms. The summed E-state index contributed by atoms with van der Waals surface area (Å²) in [6, 6.07) is 5.27. The Bertz CT molecular complexity index is 329. The molecule has 0 saturated carbocycles. The molecular formula is C8H9N3O. The monoisotopic (exact) mass is 163 g/mol. The fraction of sp³-hybridized carbons (Fsp3) is 0.250. The second kappa shape index (κ2) is 3.76. The van der Waals surface area contributed by atoms with Crippen molar-refractivity contribution in [3.05, 3.63) is 39.8 Å². The molecule has 0 unspecified atom stereocenters. The van der Waals surface area contributed by atoms with E-state index in [1.54, 1.807) is 18.2 Å². The molecule has 1 rings (SSSR count).